The third-order valence-corrected chi connectivity index (χ3v) is 9.87. The van der Waals surface area contributed by atoms with Crippen LogP contribution in [-0.2, 0) is 38.9 Å². The van der Waals surface area contributed by atoms with Gasteiger partial charge >= 0.3 is 0 Å². The molecule has 7 nitrogen and oxygen atoms in total. The number of nitrogens with zero attached hydrogens (tertiary/aromatic N) is 1. The van der Waals surface area contributed by atoms with Crippen molar-refractivity contribution in [2.24, 2.45) is 0 Å². The third kappa shape index (κ3) is 6.76. The Morgan fingerprint density at radius 1 is 1.00 bits per heavy atom. The van der Waals surface area contributed by atoms with Gasteiger partial charge < -0.3 is 15.4 Å². The van der Waals surface area contributed by atoms with Crippen molar-refractivity contribution in [3.63, 3.8) is 0 Å². The van der Waals surface area contributed by atoms with Gasteiger partial charge in [0.05, 0.1) is 21.0 Å². The second kappa shape index (κ2) is 12.3. The number of ether oxygens (including phenoxy) is 1. The molecular formula is C29H31Cl2N3O4S. The van der Waals surface area contributed by atoms with Gasteiger partial charge in [-0.1, -0.05) is 65.7 Å². The van der Waals surface area contributed by atoms with Gasteiger partial charge in [0.15, 0.2) is 5.44 Å². The maximum Gasteiger partial charge on any atom is 0.246 e. The Bertz CT molecular complexity index is 1400. The van der Waals surface area contributed by atoms with Crippen LogP contribution < -0.4 is 10.6 Å². The van der Waals surface area contributed by atoms with Gasteiger partial charge in [-0.3, -0.25) is 9.69 Å². The zero-order chi connectivity index (χ0) is 27.4. The van der Waals surface area contributed by atoms with E-state index in [0.717, 1.165) is 36.4 Å². The number of likely N-dealkylation sites (tertiary alicyclic amines) is 1. The summed E-state index contributed by atoms with van der Waals surface area (Å²) in [5.74, 6) is -0.402. The maximum absolute atomic E-state index is 13.7. The number of anilines is 1. The molecule has 0 bridgehead atoms. The van der Waals surface area contributed by atoms with Crippen LogP contribution in [0.3, 0.4) is 0 Å². The number of benzene rings is 3. The van der Waals surface area contributed by atoms with Crippen LogP contribution in [0.4, 0.5) is 5.69 Å². The lowest BCUT2D eigenvalue weighted by atomic mass is 10.1. The molecule has 0 spiro atoms. The first-order chi connectivity index (χ1) is 18.8. The normalized spacial score (nSPS) is 17.9. The molecule has 0 aliphatic carbocycles. The van der Waals surface area contributed by atoms with Crippen LogP contribution in [0.5, 0.6) is 0 Å². The quantitative estimate of drug-likeness (QED) is 0.345. The first kappa shape index (κ1) is 27.9. The fourth-order valence-corrected chi connectivity index (χ4v) is 7.09. The summed E-state index contributed by atoms with van der Waals surface area (Å²) in [6.45, 7) is 3.13. The lowest BCUT2D eigenvalue weighted by molar-refractivity contribution is -0.126. The minimum absolute atomic E-state index is 0.0194. The molecule has 3 aromatic carbocycles. The monoisotopic (exact) mass is 587 g/mol. The van der Waals surface area contributed by atoms with Gasteiger partial charge in [-0.2, -0.15) is 0 Å². The summed E-state index contributed by atoms with van der Waals surface area (Å²) in [6, 6.07) is 19.3. The highest BCUT2D eigenvalue weighted by Crippen LogP contribution is 2.33. The van der Waals surface area contributed by atoms with Gasteiger partial charge in [-0.25, -0.2) is 8.42 Å². The first-order valence-electron chi connectivity index (χ1n) is 13.0. The van der Waals surface area contributed by atoms with Crippen LogP contribution in [0, 0.1) is 0 Å². The maximum atomic E-state index is 13.7. The smallest absolute Gasteiger partial charge is 0.246 e. The second-order valence-electron chi connectivity index (χ2n) is 9.99. The molecule has 10 heteroatoms. The Kier molecular flexibility index (Phi) is 8.79. The van der Waals surface area contributed by atoms with Crippen LogP contribution in [-0.4, -0.2) is 50.4 Å². The number of sulfone groups is 1. The van der Waals surface area contributed by atoms with E-state index in [-0.39, 0.29) is 14.9 Å². The summed E-state index contributed by atoms with van der Waals surface area (Å²) in [4.78, 5) is 15.1. The molecule has 2 atom stereocenters. The summed E-state index contributed by atoms with van der Waals surface area (Å²) in [5.41, 5.74) is 2.71. The van der Waals surface area contributed by atoms with Gasteiger partial charge in [0, 0.05) is 18.8 Å². The highest BCUT2D eigenvalue weighted by molar-refractivity contribution is 7.92. The van der Waals surface area contributed by atoms with Crippen molar-refractivity contribution in [3.05, 3.63) is 93.5 Å². The number of nitrogens with one attached hydrogen (secondary N) is 2. The van der Waals surface area contributed by atoms with Crippen LogP contribution >= 0.6 is 23.2 Å². The Labute approximate surface area is 239 Å². The summed E-state index contributed by atoms with van der Waals surface area (Å²) in [7, 11) is -4.03. The highest BCUT2D eigenvalue weighted by Gasteiger charge is 2.39. The van der Waals surface area contributed by atoms with E-state index in [2.05, 4.69) is 27.7 Å². The molecule has 206 valence electrons. The lowest BCUT2D eigenvalue weighted by Crippen LogP contribution is -2.42. The first-order valence-corrected chi connectivity index (χ1v) is 15.3. The van der Waals surface area contributed by atoms with Crippen molar-refractivity contribution in [3.8, 4) is 0 Å². The number of para-hydroxylation sites is 1. The van der Waals surface area contributed by atoms with E-state index in [1.807, 2.05) is 36.4 Å². The number of halogens is 2. The number of hydrogen-bond acceptors (Lipinski definition) is 6. The van der Waals surface area contributed by atoms with Crippen molar-refractivity contribution in [1.29, 1.82) is 0 Å². The molecule has 0 saturated carbocycles. The van der Waals surface area contributed by atoms with E-state index in [4.69, 9.17) is 27.9 Å². The van der Waals surface area contributed by atoms with E-state index in [1.54, 1.807) is 0 Å². The lowest BCUT2D eigenvalue weighted by Gasteiger charge is -2.25. The molecule has 2 unspecified atom stereocenters. The number of amides is 1. The van der Waals surface area contributed by atoms with Gasteiger partial charge in [-0.05, 0) is 73.3 Å². The standard InChI is InChI=1S/C29H31Cl2N3O4S/c30-24-12-11-23(16-25(24)31)39(36,37)29(27-15-22-5-1-2-6-26(22)33-27)38-19-28(35)32-17-20-7-9-21(10-8-20)18-34-13-3-4-14-34/h1-2,5-12,16,27,29,33H,3-4,13-15,17-19H2,(H,32,35). The van der Waals surface area contributed by atoms with Gasteiger partial charge in [0.1, 0.15) is 6.61 Å². The van der Waals surface area contributed by atoms with Gasteiger partial charge in [0.2, 0.25) is 15.7 Å². The predicted molar refractivity (Wildman–Crippen MR) is 154 cm³/mol. The number of carbonyl (C=O) groups excluding carboxylic acids is 1. The molecule has 0 radical (unpaired) electrons. The van der Waals surface area contributed by atoms with Crippen LogP contribution in [0.15, 0.2) is 71.6 Å². The van der Waals surface area contributed by atoms with E-state index in [1.165, 1.54) is 36.6 Å². The largest absolute Gasteiger partial charge is 0.378 e. The van der Waals surface area contributed by atoms with E-state index in [9.17, 15) is 13.2 Å². The average Bonchev–Trinajstić information content (AvgIpc) is 3.59. The van der Waals surface area contributed by atoms with Gasteiger partial charge in [0.25, 0.3) is 0 Å². The van der Waals surface area contributed by atoms with E-state index < -0.39 is 33.8 Å². The molecule has 1 saturated heterocycles. The summed E-state index contributed by atoms with van der Waals surface area (Å²) in [5, 5.41) is 6.47. The van der Waals surface area contributed by atoms with Crippen molar-refractivity contribution in [1.82, 2.24) is 10.2 Å². The molecule has 1 amide bonds. The predicted octanol–water partition coefficient (Wildman–Crippen LogP) is 5.06. The van der Waals surface area contributed by atoms with Gasteiger partial charge in [-0.15, -0.1) is 0 Å². The molecule has 39 heavy (non-hydrogen) atoms. The highest BCUT2D eigenvalue weighted by atomic mass is 35.5. The van der Waals surface area contributed by atoms with Crippen LogP contribution in [0.2, 0.25) is 10.0 Å². The number of hydrogen-bond donors (Lipinski definition) is 2. The van der Waals surface area contributed by atoms with Crippen molar-refractivity contribution >= 4 is 44.6 Å². The topological polar surface area (TPSA) is 87.7 Å². The molecule has 2 heterocycles. The second-order valence-corrected chi connectivity index (χ2v) is 12.8. The fourth-order valence-electron chi connectivity index (χ4n) is 5.07. The molecule has 0 aromatic heterocycles. The molecule has 2 aliphatic heterocycles. The molecule has 1 fully saturated rings. The SMILES string of the molecule is O=C(COC(C1Cc2ccccc2N1)S(=O)(=O)c1ccc(Cl)c(Cl)c1)NCc1ccc(CN2CCCC2)cc1. The van der Waals surface area contributed by atoms with E-state index >= 15 is 0 Å². The Morgan fingerprint density at radius 2 is 1.72 bits per heavy atom. The van der Waals surface area contributed by atoms with Crippen molar-refractivity contribution in [2.45, 2.75) is 48.7 Å². The van der Waals surface area contributed by atoms with Crippen molar-refractivity contribution in [2.75, 3.05) is 25.0 Å². The minimum atomic E-state index is -4.03. The van der Waals surface area contributed by atoms with Crippen molar-refractivity contribution < 1.29 is 17.9 Å². The molecular weight excluding hydrogens is 557 g/mol. The van der Waals surface area contributed by atoms with E-state index in [0.29, 0.717) is 13.0 Å². The number of rotatable bonds is 10. The number of carbonyl (C=O) groups is 1. The molecule has 5 rings (SSSR count). The zero-order valence-electron chi connectivity index (χ0n) is 21.4. The molecule has 3 aromatic rings. The Balaban J connectivity index is 1.23. The molecule has 2 N–H and O–H groups in total. The third-order valence-electron chi connectivity index (χ3n) is 7.15. The van der Waals surface area contributed by atoms with Crippen LogP contribution in [0.25, 0.3) is 0 Å². The summed E-state index contributed by atoms with van der Waals surface area (Å²) < 4.78 is 33.2. The summed E-state index contributed by atoms with van der Waals surface area (Å²) in [6.07, 6.45) is 2.95. The summed E-state index contributed by atoms with van der Waals surface area (Å²) >= 11 is 12.1. The Hall–Kier alpha value is -2.62. The van der Waals surface area contributed by atoms with Crippen LogP contribution in [0.1, 0.15) is 29.5 Å². The minimum Gasteiger partial charge on any atom is -0.378 e. The fraction of sp³-hybridized carbons (Fsp3) is 0.345. The average molecular weight is 589 g/mol. The zero-order valence-corrected chi connectivity index (χ0v) is 23.7. The number of fused-ring (bicyclic) bond motifs is 1. The Morgan fingerprint density at radius 3 is 2.44 bits per heavy atom. The molecule has 2 aliphatic rings.